The van der Waals surface area contributed by atoms with Gasteiger partial charge in [-0.1, -0.05) is 6.42 Å². The van der Waals surface area contributed by atoms with Crippen LogP contribution in [0.5, 0.6) is 5.75 Å². The van der Waals surface area contributed by atoms with Crippen LogP contribution in [0.4, 0.5) is 10.2 Å². The third-order valence-electron chi connectivity index (χ3n) is 6.41. The fourth-order valence-corrected chi connectivity index (χ4v) is 4.77. The Morgan fingerprint density at radius 3 is 2.87 bits per heavy atom. The van der Waals surface area contributed by atoms with E-state index in [0.29, 0.717) is 35.0 Å². The molecule has 2 bridgehead atoms. The molecular formula is C22H24FN5O3. The van der Waals surface area contributed by atoms with Gasteiger partial charge in [0.1, 0.15) is 23.3 Å². The van der Waals surface area contributed by atoms with Crippen LogP contribution < -0.4 is 15.6 Å². The van der Waals surface area contributed by atoms with Gasteiger partial charge in [-0.05, 0) is 32.3 Å². The van der Waals surface area contributed by atoms with E-state index < -0.39 is 6.17 Å². The van der Waals surface area contributed by atoms with Crippen LogP contribution >= 0.6 is 0 Å². The van der Waals surface area contributed by atoms with Crippen LogP contribution in [0.15, 0.2) is 33.6 Å². The molecule has 3 aromatic rings. The number of rotatable bonds is 3. The second-order valence-electron chi connectivity index (χ2n) is 8.49. The summed E-state index contributed by atoms with van der Waals surface area (Å²) < 4.78 is 20.5. The summed E-state index contributed by atoms with van der Waals surface area (Å²) in [6.45, 7) is 1.67. The van der Waals surface area contributed by atoms with Crippen LogP contribution in [-0.2, 0) is 0 Å². The standard InChI is InChI=1S/C22H24FN5O3/c1-11-6-17(29)13-8-14(18(30)9-19(13)31-11)22-24-10-20(26-27-22)28(2)16-7-12-4-3-5-15(25-12)21(16)23/h6,8-10,12,15-16,21,25,30H,3-5,7H2,1-2H3/t12?,15?,16-,21+/m1/s1. The van der Waals surface area contributed by atoms with E-state index in [1.54, 1.807) is 11.8 Å². The maximum absolute atomic E-state index is 15.0. The van der Waals surface area contributed by atoms with Crippen molar-refractivity contribution in [3.8, 4) is 17.1 Å². The van der Waals surface area contributed by atoms with Crippen molar-refractivity contribution in [2.45, 2.75) is 56.9 Å². The van der Waals surface area contributed by atoms with Crippen LogP contribution in [-0.4, -0.2) is 51.6 Å². The highest BCUT2D eigenvalue weighted by Gasteiger charge is 2.42. The summed E-state index contributed by atoms with van der Waals surface area (Å²) in [5.74, 6) is 0.990. The van der Waals surface area contributed by atoms with E-state index in [0.717, 1.165) is 19.3 Å². The summed E-state index contributed by atoms with van der Waals surface area (Å²) >= 11 is 0. The largest absolute Gasteiger partial charge is 0.507 e. The van der Waals surface area contributed by atoms with Crippen molar-refractivity contribution < 1.29 is 13.9 Å². The average Bonchev–Trinajstić information content (AvgIpc) is 2.76. The summed E-state index contributed by atoms with van der Waals surface area (Å²) in [5, 5.41) is 22.5. The fraction of sp³-hybridized carbons (Fsp3) is 0.455. The zero-order valence-electron chi connectivity index (χ0n) is 17.4. The molecule has 2 aliphatic rings. The number of hydrogen-bond acceptors (Lipinski definition) is 8. The van der Waals surface area contributed by atoms with E-state index in [2.05, 4.69) is 20.5 Å². The lowest BCUT2D eigenvalue weighted by Crippen LogP contribution is -2.61. The molecule has 2 N–H and O–H groups in total. The number of nitrogens with zero attached hydrogens (tertiary/aromatic N) is 4. The summed E-state index contributed by atoms with van der Waals surface area (Å²) in [4.78, 5) is 18.4. The molecule has 4 heterocycles. The molecule has 2 aliphatic heterocycles. The Labute approximate surface area is 178 Å². The van der Waals surface area contributed by atoms with Crippen molar-refractivity contribution in [2.75, 3.05) is 11.9 Å². The highest BCUT2D eigenvalue weighted by Crippen LogP contribution is 2.33. The van der Waals surface area contributed by atoms with Gasteiger partial charge in [0.05, 0.1) is 23.2 Å². The molecule has 9 heteroatoms. The monoisotopic (exact) mass is 425 g/mol. The molecule has 0 saturated carbocycles. The molecule has 0 amide bonds. The second-order valence-corrected chi connectivity index (χ2v) is 8.49. The number of aryl methyl sites for hydroxylation is 1. The molecule has 2 unspecified atom stereocenters. The number of anilines is 1. The van der Waals surface area contributed by atoms with E-state index in [-0.39, 0.29) is 34.6 Å². The number of aromatic hydroxyl groups is 1. The highest BCUT2D eigenvalue weighted by molar-refractivity contribution is 5.85. The van der Waals surface area contributed by atoms with Crippen LogP contribution in [0, 0.1) is 6.92 Å². The molecule has 2 saturated heterocycles. The van der Waals surface area contributed by atoms with E-state index >= 15 is 4.39 Å². The van der Waals surface area contributed by atoms with E-state index in [1.807, 2.05) is 7.05 Å². The van der Waals surface area contributed by atoms with Crippen molar-refractivity contribution in [1.29, 1.82) is 0 Å². The third-order valence-corrected chi connectivity index (χ3v) is 6.41. The van der Waals surface area contributed by atoms with E-state index in [9.17, 15) is 9.90 Å². The average molecular weight is 425 g/mol. The number of piperidine rings is 2. The summed E-state index contributed by atoms with van der Waals surface area (Å²) in [7, 11) is 1.81. The van der Waals surface area contributed by atoms with Crippen LogP contribution in [0.3, 0.4) is 0 Å². The normalized spacial score (nSPS) is 25.5. The molecule has 5 rings (SSSR count). The van der Waals surface area contributed by atoms with Gasteiger partial charge in [-0.15, -0.1) is 10.2 Å². The van der Waals surface area contributed by atoms with Gasteiger partial charge in [-0.2, -0.15) is 0 Å². The van der Waals surface area contributed by atoms with Gasteiger partial charge < -0.3 is 19.7 Å². The highest BCUT2D eigenvalue weighted by atomic mass is 19.1. The zero-order chi connectivity index (χ0) is 21.7. The number of fused-ring (bicyclic) bond motifs is 3. The zero-order valence-corrected chi connectivity index (χ0v) is 17.4. The molecule has 2 fully saturated rings. The summed E-state index contributed by atoms with van der Waals surface area (Å²) in [6, 6.07) is 4.18. The maximum atomic E-state index is 15.0. The van der Waals surface area contributed by atoms with Crippen LogP contribution in [0.1, 0.15) is 31.4 Å². The maximum Gasteiger partial charge on any atom is 0.192 e. The molecule has 2 aromatic heterocycles. The van der Waals surface area contributed by atoms with Gasteiger partial charge in [0.15, 0.2) is 17.1 Å². The summed E-state index contributed by atoms with van der Waals surface area (Å²) in [5.41, 5.74) is 0.362. The first-order valence-corrected chi connectivity index (χ1v) is 10.5. The number of hydrogen-bond donors (Lipinski definition) is 2. The van der Waals surface area contributed by atoms with Crippen molar-refractivity contribution in [3.05, 3.63) is 40.4 Å². The van der Waals surface area contributed by atoms with Crippen molar-refractivity contribution in [2.24, 2.45) is 0 Å². The Hall–Kier alpha value is -3.07. The fourth-order valence-electron chi connectivity index (χ4n) is 4.77. The second kappa shape index (κ2) is 7.56. The Morgan fingerprint density at radius 2 is 2.10 bits per heavy atom. The first kappa shape index (κ1) is 19.9. The molecule has 0 radical (unpaired) electrons. The summed E-state index contributed by atoms with van der Waals surface area (Å²) in [6.07, 6.45) is 4.20. The third kappa shape index (κ3) is 3.52. The van der Waals surface area contributed by atoms with Gasteiger partial charge in [-0.3, -0.25) is 4.79 Å². The smallest absolute Gasteiger partial charge is 0.192 e. The molecule has 8 nitrogen and oxygen atoms in total. The molecule has 0 spiro atoms. The number of aromatic nitrogens is 3. The van der Waals surface area contributed by atoms with Crippen molar-refractivity contribution in [3.63, 3.8) is 0 Å². The predicted octanol–water partition coefficient (Wildman–Crippen LogP) is 2.72. The SMILES string of the molecule is Cc1cc(=O)c2cc(-c3ncc(N(C)[C@@H]4CC5CCCC(N5)[C@@H]4F)nn3)c(O)cc2o1. The Balaban J connectivity index is 1.44. The van der Waals surface area contributed by atoms with Crippen LogP contribution in [0.25, 0.3) is 22.4 Å². The Morgan fingerprint density at radius 1 is 1.26 bits per heavy atom. The molecule has 31 heavy (non-hydrogen) atoms. The van der Waals surface area contributed by atoms with Gasteiger partial charge >= 0.3 is 0 Å². The molecule has 1 aromatic carbocycles. The topological polar surface area (TPSA) is 104 Å². The molecule has 4 atom stereocenters. The minimum Gasteiger partial charge on any atom is -0.507 e. The number of benzene rings is 1. The minimum absolute atomic E-state index is 0.112. The predicted molar refractivity (Wildman–Crippen MR) is 114 cm³/mol. The van der Waals surface area contributed by atoms with E-state index in [4.69, 9.17) is 4.42 Å². The molecule has 162 valence electrons. The van der Waals surface area contributed by atoms with Crippen molar-refractivity contribution in [1.82, 2.24) is 20.5 Å². The van der Waals surface area contributed by atoms with Gasteiger partial charge in [0.2, 0.25) is 0 Å². The number of halogens is 1. The lowest BCUT2D eigenvalue weighted by Gasteiger charge is -2.45. The quantitative estimate of drug-likeness (QED) is 0.660. The molecular weight excluding hydrogens is 401 g/mol. The Bertz CT molecular complexity index is 1180. The lowest BCUT2D eigenvalue weighted by atomic mass is 9.82. The lowest BCUT2D eigenvalue weighted by molar-refractivity contribution is 0.107. The number of phenolic OH excluding ortho intramolecular Hbond substituents is 1. The number of nitrogens with one attached hydrogen (secondary N) is 1. The molecule has 0 aliphatic carbocycles. The minimum atomic E-state index is -0.991. The van der Waals surface area contributed by atoms with Gasteiger partial charge in [0, 0.05) is 31.3 Å². The number of phenols is 1. The van der Waals surface area contributed by atoms with Gasteiger partial charge in [0.25, 0.3) is 0 Å². The number of alkyl halides is 1. The van der Waals surface area contributed by atoms with Crippen LogP contribution in [0.2, 0.25) is 0 Å². The Kier molecular flexibility index (Phi) is 4.85. The van der Waals surface area contributed by atoms with Gasteiger partial charge in [-0.25, -0.2) is 9.37 Å². The van der Waals surface area contributed by atoms with Crippen molar-refractivity contribution >= 4 is 16.8 Å². The first-order valence-electron chi connectivity index (χ1n) is 10.5. The van der Waals surface area contributed by atoms with E-state index in [1.165, 1.54) is 24.4 Å². The first-order chi connectivity index (χ1) is 14.9.